The molecule has 1 aliphatic rings. The van der Waals surface area contributed by atoms with E-state index >= 15 is 0 Å². The fourth-order valence-electron chi connectivity index (χ4n) is 4.19. The van der Waals surface area contributed by atoms with Crippen LogP contribution in [0.3, 0.4) is 0 Å². The lowest BCUT2D eigenvalue weighted by Gasteiger charge is -2.31. The Labute approximate surface area is 187 Å². The first-order valence-electron chi connectivity index (χ1n) is 11.6. The average Bonchev–Trinajstić information content (AvgIpc) is 2.78. The number of nitrogens with one attached hydrogen (secondary N) is 1. The highest BCUT2D eigenvalue weighted by Crippen LogP contribution is 2.19. The Balaban J connectivity index is 1.69. The van der Waals surface area contributed by atoms with E-state index in [9.17, 15) is 9.59 Å². The van der Waals surface area contributed by atoms with E-state index in [2.05, 4.69) is 55.6 Å². The van der Waals surface area contributed by atoms with Gasteiger partial charge in [-0.1, -0.05) is 78.9 Å². The minimum Gasteiger partial charge on any atom is -0.352 e. The topological polar surface area (TPSA) is 49.4 Å². The zero-order chi connectivity index (χ0) is 22.2. The fourth-order valence-corrected chi connectivity index (χ4v) is 4.19. The Morgan fingerprint density at radius 2 is 1.45 bits per heavy atom. The first-order chi connectivity index (χ1) is 14.9. The molecule has 0 bridgehead atoms. The summed E-state index contributed by atoms with van der Waals surface area (Å²) in [7, 11) is 0. The van der Waals surface area contributed by atoms with Gasteiger partial charge < -0.3 is 10.2 Å². The molecule has 1 aliphatic carbocycles. The van der Waals surface area contributed by atoms with Crippen LogP contribution in [0.4, 0.5) is 0 Å². The number of benzene rings is 2. The molecule has 4 heteroatoms. The Morgan fingerprint density at radius 1 is 0.903 bits per heavy atom. The van der Waals surface area contributed by atoms with Crippen LogP contribution in [0.1, 0.15) is 67.7 Å². The van der Waals surface area contributed by atoms with E-state index in [-0.39, 0.29) is 17.9 Å². The molecule has 0 heterocycles. The molecule has 0 spiro atoms. The van der Waals surface area contributed by atoms with Crippen molar-refractivity contribution in [3.8, 4) is 0 Å². The average molecular weight is 421 g/mol. The third kappa shape index (κ3) is 6.95. The molecule has 0 aliphatic heterocycles. The number of carbonyl (C=O) groups is 2. The maximum Gasteiger partial charge on any atom is 0.242 e. The van der Waals surface area contributed by atoms with Crippen molar-refractivity contribution in [2.45, 2.75) is 84.3 Å². The summed E-state index contributed by atoms with van der Waals surface area (Å²) in [5.41, 5.74) is 4.59. The molecule has 0 unspecified atom stereocenters. The third-order valence-corrected chi connectivity index (χ3v) is 6.34. The largest absolute Gasteiger partial charge is 0.352 e. The predicted octanol–water partition coefficient (Wildman–Crippen LogP) is 5.10. The fraction of sp³-hybridized carbons (Fsp3) is 0.481. The van der Waals surface area contributed by atoms with Gasteiger partial charge in [-0.05, 0) is 51.2 Å². The summed E-state index contributed by atoms with van der Waals surface area (Å²) in [6, 6.07) is 16.2. The summed E-state index contributed by atoms with van der Waals surface area (Å²) in [6.07, 6.45) is 6.74. The van der Waals surface area contributed by atoms with Crippen LogP contribution in [0, 0.1) is 13.8 Å². The molecule has 1 fully saturated rings. The smallest absolute Gasteiger partial charge is 0.242 e. The van der Waals surface area contributed by atoms with E-state index < -0.39 is 6.04 Å². The van der Waals surface area contributed by atoms with Gasteiger partial charge in [-0.2, -0.15) is 0 Å². The van der Waals surface area contributed by atoms with E-state index in [1.54, 1.807) is 4.90 Å². The van der Waals surface area contributed by atoms with E-state index in [1.165, 1.54) is 30.4 Å². The van der Waals surface area contributed by atoms with Crippen LogP contribution in [0.5, 0.6) is 0 Å². The summed E-state index contributed by atoms with van der Waals surface area (Å²) in [5, 5.41) is 3.20. The van der Waals surface area contributed by atoms with Gasteiger partial charge in [0.15, 0.2) is 0 Å². The molecule has 2 aromatic rings. The minimum absolute atomic E-state index is 0.0208. The highest BCUT2D eigenvalue weighted by molar-refractivity contribution is 5.87. The Hall–Kier alpha value is -2.62. The standard InChI is InChI=1S/C27H36N2O2/c1-20-9-13-23(14-10-20)17-18-26(30)29(19-24-15-11-21(2)12-16-24)22(3)27(31)28-25-7-5-4-6-8-25/h9-16,22,25H,4-8,17-19H2,1-3H3,(H,28,31)/t22-/m1/s1. The molecule has 1 N–H and O–H groups in total. The van der Waals surface area contributed by atoms with Crippen LogP contribution >= 0.6 is 0 Å². The van der Waals surface area contributed by atoms with Crippen LogP contribution in [0.15, 0.2) is 48.5 Å². The number of hydrogen-bond donors (Lipinski definition) is 1. The van der Waals surface area contributed by atoms with Gasteiger partial charge in [0.25, 0.3) is 0 Å². The van der Waals surface area contributed by atoms with Gasteiger partial charge in [0.1, 0.15) is 6.04 Å². The third-order valence-electron chi connectivity index (χ3n) is 6.34. The molecule has 0 radical (unpaired) electrons. The molecule has 2 amide bonds. The van der Waals surface area contributed by atoms with Crippen molar-refractivity contribution in [2.24, 2.45) is 0 Å². The number of hydrogen-bond acceptors (Lipinski definition) is 2. The molecule has 1 atom stereocenters. The van der Waals surface area contributed by atoms with Crippen LogP contribution < -0.4 is 5.32 Å². The highest BCUT2D eigenvalue weighted by Gasteiger charge is 2.27. The van der Waals surface area contributed by atoms with Gasteiger partial charge in [-0.15, -0.1) is 0 Å². The van der Waals surface area contributed by atoms with Crippen molar-refractivity contribution >= 4 is 11.8 Å². The second-order valence-corrected chi connectivity index (χ2v) is 9.01. The summed E-state index contributed by atoms with van der Waals surface area (Å²) in [6.45, 7) is 6.42. The second-order valence-electron chi connectivity index (χ2n) is 9.01. The number of rotatable bonds is 8. The molecule has 1 saturated carbocycles. The van der Waals surface area contributed by atoms with E-state index in [4.69, 9.17) is 0 Å². The number of amides is 2. The van der Waals surface area contributed by atoms with Crippen molar-refractivity contribution in [3.63, 3.8) is 0 Å². The lowest BCUT2D eigenvalue weighted by molar-refractivity contribution is -0.141. The van der Waals surface area contributed by atoms with Crippen LogP contribution in [-0.4, -0.2) is 28.8 Å². The zero-order valence-corrected chi connectivity index (χ0v) is 19.2. The summed E-state index contributed by atoms with van der Waals surface area (Å²) in [4.78, 5) is 28.0. The number of aryl methyl sites for hydroxylation is 3. The van der Waals surface area contributed by atoms with Gasteiger partial charge in [-0.25, -0.2) is 0 Å². The highest BCUT2D eigenvalue weighted by atomic mass is 16.2. The molecule has 166 valence electrons. The maximum absolute atomic E-state index is 13.2. The first-order valence-corrected chi connectivity index (χ1v) is 11.6. The molecule has 0 aromatic heterocycles. The first kappa shape index (κ1) is 23.1. The molecular formula is C27H36N2O2. The Morgan fingerprint density at radius 3 is 2.03 bits per heavy atom. The predicted molar refractivity (Wildman–Crippen MR) is 126 cm³/mol. The van der Waals surface area contributed by atoms with Crippen LogP contribution in [-0.2, 0) is 22.6 Å². The molecule has 31 heavy (non-hydrogen) atoms. The van der Waals surface area contributed by atoms with Gasteiger partial charge in [0.05, 0.1) is 0 Å². The van der Waals surface area contributed by atoms with Crippen molar-refractivity contribution in [3.05, 3.63) is 70.8 Å². The van der Waals surface area contributed by atoms with Crippen LogP contribution in [0.25, 0.3) is 0 Å². The van der Waals surface area contributed by atoms with E-state index in [0.29, 0.717) is 19.4 Å². The number of nitrogens with zero attached hydrogens (tertiary/aromatic N) is 1. The molecular weight excluding hydrogens is 384 g/mol. The normalized spacial score (nSPS) is 15.3. The molecule has 3 rings (SSSR count). The number of carbonyl (C=O) groups excluding carboxylic acids is 2. The van der Waals surface area contributed by atoms with E-state index in [0.717, 1.165) is 24.0 Å². The van der Waals surface area contributed by atoms with Crippen molar-refractivity contribution in [1.29, 1.82) is 0 Å². The maximum atomic E-state index is 13.2. The van der Waals surface area contributed by atoms with Crippen molar-refractivity contribution in [1.82, 2.24) is 10.2 Å². The summed E-state index contributed by atoms with van der Waals surface area (Å²) in [5.74, 6) is -0.0184. The minimum atomic E-state index is -0.492. The monoisotopic (exact) mass is 420 g/mol. The Bertz CT molecular complexity index is 852. The van der Waals surface area contributed by atoms with Gasteiger partial charge in [0, 0.05) is 19.0 Å². The molecule has 4 nitrogen and oxygen atoms in total. The van der Waals surface area contributed by atoms with E-state index in [1.807, 2.05) is 19.1 Å². The molecule has 0 saturated heterocycles. The summed E-state index contributed by atoms with van der Waals surface area (Å²) >= 11 is 0. The van der Waals surface area contributed by atoms with Gasteiger partial charge in [-0.3, -0.25) is 9.59 Å². The van der Waals surface area contributed by atoms with Gasteiger partial charge >= 0.3 is 0 Å². The SMILES string of the molecule is Cc1ccc(CCC(=O)N(Cc2ccc(C)cc2)[C@H](C)C(=O)NC2CCCCC2)cc1. The van der Waals surface area contributed by atoms with Crippen molar-refractivity contribution in [2.75, 3.05) is 0 Å². The lowest BCUT2D eigenvalue weighted by Crippen LogP contribution is -2.50. The molecule has 2 aromatic carbocycles. The van der Waals surface area contributed by atoms with Gasteiger partial charge in [0.2, 0.25) is 11.8 Å². The van der Waals surface area contributed by atoms with Crippen LogP contribution in [0.2, 0.25) is 0 Å². The summed E-state index contributed by atoms with van der Waals surface area (Å²) < 4.78 is 0. The van der Waals surface area contributed by atoms with Crippen molar-refractivity contribution < 1.29 is 9.59 Å². The zero-order valence-electron chi connectivity index (χ0n) is 19.2. The lowest BCUT2D eigenvalue weighted by atomic mass is 9.95. The second kappa shape index (κ2) is 11.1. The Kier molecular flexibility index (Phi) is 8.27. The quantitative estimate of drug-likeness (QED) is 0.646.